The Labute approximate surface area is 139 Å². The molecule has 0 aliphatic heterocycles. The highest BCUT2D eigenvalue weighted by Gasteiger charge is 2.25. The number of halogens is 2. The van der Waals surface area contributed by atoms with Crippen LogP contribution < -0.4 is 13.8 Å². The predicted molar refractivity (Wildman–Crippen MR) is 86.5 cm³/mol. The average Bonchev–Trinajstić information content (AvgIpc) is 2.53. The first-order valence-electron chi connectivity index (χ1n) is 6.47. The lowest BCUT2D eigenvalue weighted by molar-refractivity contribution is 0.385. The number of ether oxygens (including phenoxy) is 2. The summed E-state index contributed by atoms with van der Waals surface area (Å²) in [6.45, 7) is 0. The zero-order valence-corrected chi connectivity index (χ0v) is 14.3. The van der Waals surface area contributed by atoms with Crippen molar-refractivity contribution in [2.45, 2.75) is 4.90 Å². The Hall–Kier alpha value is -1.99. The van der Waals surface area contributed by atoms with E-state index in [1.165, 1.54) is 39.5 Å². The SMILES string of the molecule is COc1ccc(S(=O)(=O)N(C)c2cc(Cl)ccc2OC)cc1F. The Bertz CT molecular complexity index is 826. The number of sulfonamides is 1. The Morgan fingerprint density at radius 3 is 2.22 bits per heavy atom. The molecule has 5 nitrogen and oxygen atoms in total. The maximum absolute atomic E-state index is 13.8. The van der Waals surface area contributed by atoms with Crippen molar-refractivity contribution in [1.82, 2.24) is 0 Å². The largest absolute Gasteiger partial charge is 0.495 e. The molecule has 0 aliphatic rings. The van der Waals surface area contributed by atoms with Crippen molar-refractivity contribution >= 4 is 27.3 Å². The molecule has 0 spiro atoms. The molecule has 8 heteroatoms. The molecule has 2 aromatic carbocycles. The minimum absolute atomic E-state index is 0.0352. The normalized spacial score (nSPS) is 11.2. The first-order valence-corrected chi connectivity index (χ1v) is 8.29. The predicted octanol–water partition coefficient (Wildman–Crippen LogP) is 3.32. The van der Waals surface area contributed by atoms with E-state index in [0.717, 1.165) is 10.4 Å². The van der Waals surface area contributed by atoms with Gasteiger partial charge >= 0.3 is 0 Å². The van der Waals surface area contributed by atoms with Crippen molar-refractivity contribution in [3.05, 3.63) is 47.2 Å². The van der Waals surface area contributed by atoms with E-state index in [4.69, 9.17) is 21.1 Å². The van der Waals surface area contributed by atoms with Gasteiger partial charge in [-0.2, -0.15) is 0 Å². The molecule has 124 valence electrons. The van der Waals surface area contributed by atoms with Crippen LogP contribution in [0.4, 0.5) is 10.1 Å². The summed E-state index contributed by atoms with van der Waals surface area (Å²) < 4.78 is 50.1. The lowest BCUT2D eigenvalue weighted by atomic mass is 10.3. The van der Waals surface area contributed by atoms with Gasteiger partial charge in [0.05, 0.1) is 24.8 Å². The van der Waals surface area contributed by atoms with E-state index in [-0.39, 0.29) is 16.3 Å². The summed E-state index contributed by atoms with van der Waals surface area (Å²) in [7, 11) is 0.0673. The fourth-order valence-electron chi connectivity index (χ4n) is 2.00. The van der Waals surface area contributed by atoms with Crippen LogP contribution in [0.25, 0.3) is 0 Å². The van der Waals surface area contributed by atoms with Crippen molar-refractivity contribution in [2.24, 2.45) is 0 Å². The number of methoxy groups -OCH3 is 2. The third-order valence-corrected chi connectivity index (χ3v) is 5.26. The fourth-order valence-corrected chi connectivity index (χ4v) is 3.38. The molecule has 0 saturated carbocycles. The molecule has 2 rings (SSSR count). The van der Waals surface area contributed by atoms with Crippen LogP contribution in [0.5, 0.6) is 11.5 Å². The first-order chi connectivity index (χ1) is 10.8. The third-order valence-electron chi connectivity index (χ3n) is 3.26. The molecule has 0 bridgehead atoms. The second-order valence-corrected chi connectivity index (χ2v) is 6.99. The Balaban J connectivity index is 2.51. The van der Waals surface area contributed by atoms with Crippen LogP contribution in [0, 0.1) is 5.82 Å². The van der Waals surface area contributed by atoms with Crippen molar-refractivity contribution < 1.29 is 22.3 Å². The quantitative estimate of drug-likeness (QED) is 0.821. The maximum Gasteiger partial charge on any atom is 0.264 e. The van der Waals surface area contributed by atoms with E-state index in [1.54, 1.807) is 12.1 Å². The Morgan fingerprint density at radius 2 is 1.65 bits per heavy atom. The van der Waals surface area contributed by atoms with Gasteiger partial charge in [0, 0.05) is 12.1 Å². The summed E-state index contributed by atoms with van der Waals surface area (Å²) in [6.07, 6.45) is 0. The summed E-state index contributed by atoms with van der Waals surface area (Å²) >= 11 is 5.93. The Kier molecular flexibility index (Phi) is 5.01. The van der Waals surface area contributed by atoms with Gasteiger partial charge in [-0.05, 0) is 36.4 Å². The Morgan fingerprint density at radius 1 is 1.04 bits per heavy atom. The number of anilines is 1. The van der Waals surface area contributed by atoms with Gasteiger partial charge in [-0.25, -0.2) is 12.8 Å². The van der Waals surface area contributed by atoms with Gasteiger partial charge in [-0.3, -0.25) is 4.31 Å². The molecule has 0 aromatic heterocycles. The minimum atomic E-state index is -3.99. The molecule has 0 radical (unpaired) electrons. The lowest BCUT2D eigenvalue weighted by Gasteiger charge is -2.22. The average molecular weight is 360 g/mol. The summed E-state index contributed by atoms with van der Waals surface area (Å²) in [6, 6.07) is 8.02. The molecule has 0 heterocycles. The number of nitrogens with zero attached hydrogens (tertiary/aromatic N) is 1. The zero-order chi connectivity index (χ0) is 17.2. The molecule has 0 saturated heterocycles. The monoisotopic (exact) mass is 359 g/mol. The van der Waals surface area contributed by atoms with E-state index in [0.29, 0.717) is 10.8 Å². The molecular formula is C15H15ClFNO4S. The van der Waals surface area contributed by atoms with E-state index in [1.807, 2.05) is 0 Å². The number of hydrogen-bond donors (Lipinski definition) is 0. The molecule has 0 aliphatic carbocycles. The van der Waals surface area contributed by atoms with Crippen LogP contribution in [0.3, 0.4) is 0 Å². The first kappa shape index (κ1) is 17.4. The van der Waals surface area contributed by atoms with Crippen molar-refractivity contribution in [3.63, 3.8) is 0 Å². The summed E-state index contributed by atoms with van der Waals surface area (Å²) in [5, 5.41) is 0.351. The van der Waals surface area contributed by atoms with Gasteiger partial charge in [0.2, 0.25) is 0 Å². The van der Waals surface area contributed by atoms with Gasteiger partial charge < -0.3 is 9.47 Å². The van der Waals surface area contributed by atoms with Gasteiger partial charge in [0.1, 0.15) is 5.75 Å². The highest BCUT2D eigenvalue weighted by molar-refractivity contribution is 7.92. The number of benzene rings is 2. The molecular weight excluding hydrogens is 345 g/mol. The second kappa shape index (κ2) is 6.64. The van der Waals surface area contributed by atoms with E-state index in [9.17, 15) is 12.8 Å². The summed E-state index contributed by atoms with van der Waals surface area (Å²) in [4.78, 5) is -0.208. The van der Waals surface area contributed by atoms with Crippen LogP contribution >= 0.6 is 11.6 Å². The molecule has 2 aromatic rings. The highest BCUT2D eigenvalue weighted by atomic mass is 35.5. The zero-order valence-electron chi connectivity index (χ0n) is 12.7. The molecule has 0 unspecified atom stereocenters. The molecule has 23 heavy (non-hydrogen) atoms. The van der Waals surface area contributed by atoms with E-state index in [2.05, 4.69) is 0 Å². The molecule has 0 amide bonds. The second-order valence-electron chi connectivity index (χ2n) is 4.59. The van der Waals surface area contributed by atoms with Gasteiger partial charge in [0.25, 0.3) is 10.0 Å². The molecule has 0 fully saturated rings. The van der Waals surface area contributed by atoms with Gasteiger partial charge in [-0.15, -0.1) is 0 Å². The van der Waals surface area contributed by atoms with Crippen molar-refractivity contribution in [1.29, 1.82) is 0 Å². The van der Waals surface area contributed by atoms with Crippen LogP contribution in [0.15, 0.2) is 41.3 Å². The van der Waals surface area contributed by atoms with E-state index >= 15 is 0 Å². The van der Waals surface area contributed by atoms with Crippen LogP contribution in [0.1, 0.15) is 0 Å². The number of hydrogen-bond acceptors (Lipinski definition) is 4. The topological polar surface area (TPSA) is 55.8 Å². The lowest BCUT2D eigenvalue weighted by Crippen LogP contribution is -2.27. The molecule has 0 atom stereocenters. The minimum Gasteiger partial charge on any atom is -0.495 e. The van der Waals surface area contributed by atoms with Crippen molar-refractivity contribution in [2.75, 3.05) is 25.6 Å². The van der Waals surface area contributed by atoms with Crippen LogP contribution in [-0.2, 0) is 10.0 Å². The van der Waals surface area contributed by atoms with Gasteiger partial charge in [0.15, 0.2) is 11.6 Å². The third kappa shape index (κ3) is 3.35. The molecule has 0 N–H and O–H groups in total. The van der Waals surface area contributed by atoms with Crippen LogP contribution in [0.2, 0.25) is 5.02 Å². The smallest absolute Gasteiger partial charge is 0.264 e. The van der Waals surface area contributed by atoms with Crippen molar-refractivity contribution in [3.8, 4) is 11.5 Å². The van der Waals surface area contributed by atoms with Crippen LogP contribution in [-0.4, -0.2) is 29.7 Å². The standard InChI is InChI=1S/C15H15ClFNO4S/c1-18(13-8-10(16)4-6-15(13)22-3)23(19,20)11-5-7-14(21-2)12(17)9-11/h4-9H,1-3H3. The summed E-state index contributed by atoms with van der Waals surface area (Å²) in [5.74, 6) is -0.471. The number of rotatable bonds is 5. The highest BCUT2D eigenvalue weighted by Crippen LogP contribution is 2.34. The summed E-state index contributed by atoms with van der Waals surface area (Å²) in [5.41, 5.74) is 0.247. The maximum atomic E-state index is 13.8. The van der Waals surface area contributed by atoms with Gasteiger partial charge in [-0.1, -0.05) is 11.6 Å². The fraction of sp³-hybridized carbons (Fsp3) is 0.200. The van der Waals surface area contributed by atoms with E-state index < -0.39 is 15.8 Å².